The fourth-order valence-corrected chi connectivity index (χ4v) is 1.97. The second-order valence-electron chi connectivity index (χ2n) is 4.41. The fourth-order valence-electron chi connectivity index (χ4n) is 1.97. The van der Waals surface area contributed by atoms with Crippen molar-refractivity contribution in [2.24, 2.45) is 5.11 Å². The number of nitrogens with zero attached hydrogens (tertiary/aromatic N) is 2. The number of azo groups is 1. The van der Waals surface area contributed by atoms with Crippen molar-refractivity contribution in [3.8, 4) is 0 Å². The molecule has 2 aromatic carbocycles. The van der Waals surface area contributed by atoms with Gasteiger partial charge in [-0.15, -0.1) is 0 Å². The first kappa shape index (κ1) is 14.2. The molecule has 0 aromatic heterocycles. The lowest BCUT2D eigenvalue weighted by atomic mass is 10.2. The zero-order valence-electron chi connectivity index (χ0n) is 11.7. The summed E-state index contributed by atoms with van der Waals surface area (Å²) in [5, 5.41) is 16.4. The Balaban J connectivity index is 2.06. The summed E-state index contributed by atoms with van der Waals surface area (Å²) < 4.78 is 0. The molecule has 0 radical (unpaired) electrons. The Hall–Kier alpha value is -2.20. The van der Waals surface area contributed by atoms with Crippen LogP contribution in [0.3, 0.4) is 0 Å². The topological polar surface area (TPSA) is 49.8 Å². The van der Waals surface area contributed by atoms with E-state index in [4.69, 9.17) is 5.11 Å². The highest BCUT2D eigenvalue weighted by Crippen LogP contribution is 2.15. The average Bonchev–Trinajstić information content (AvgIpc) is 2.52. The van der Waals surface area contributed by atoms with Gasteiger partial charge in [0.15, 0.2) is 0 Å². The molecular formula is C16H20N3O+. The lowest BCUT2D eigenvalue weighted by Gasteiger charge is -2.21. The fraction of sp³-hybridized carbons (Fsp3) is 0.250. The van der Waals surface area contributed by atoms with Gasteiger partial charge >= 0.3 is 0 Å². The summed E-state index contributed by atoms with van der Waals surface area (Å²) in [6, 6.07) is 17.8. The van der Waals surface area contributed by atoms with Gasteiger partial charge in [-0.05, 0) is 36.3 Å². The molecule has 104 valence electrons. The molecule has 0 saturated carbocycles. The van der Waals surface area contributed by atoms with Crippen LogP contribution in [0.15, 0.2) is 59.7 Å². The third kappa shape index (κ3) is 3.90. The summed E-state index contributed by atoms with van der Waals surface area (Å²) in [6.45, 7) is 3.77. The average molecular weight is 270 g/mol. The van der Waals surface area contributed by atoms with E-state index in [-0.39, 0.29) is 6.61 Å². The Bertz CT molecular complexity index is 537. The molecule has 2 rings (SSSR count). The van der Waals surface area contributed by atoms with Crippen molar-refractivity contribution in [3.05, 3.63) is 54.6 Å². The number of hydrogen-bond acceptors (Lipinski definition) is 3. The molecule has 0 atom stereocenters. The number of likely N-dealkylation sites (N-methyl/N-ethyl adjacent to an activating group) is 1. The monoisotopic (exact) mass is 270 g/mol. The van der Waals surface area contributed by atoms with E-state index in [9.17, 15) is 0 Å². The van der Waals surface area contributed by atoms with Crippen LogP contribution in [0.25, 0.3) is 0 Å². The molecule has 4 nitrogen and oxygen atoms in total. The number of anilines is 1. The maximum atomic E-state index is 9.02. The van der Waals surface area contributed by atoms with Gasteiger partial charge in [0.05, 0.1) is 6.61 Å². The number of para-hydroxylation sites is 1. The van der Waals surface area contributed by atoms with Gasteiger partial charge in [0.25, 0.3) is 0 Å². The molecule has 0 aliphatic heterocycles. The predicted octanol–water partition coefficient (Wildman–Crippen LogP) is 2.00. The first-order valence-corrected chi connectivity index (χ1v) is 6.81. The van der Waals surface area contributed by atoms with Crippen LogP contribution < -0.4 is 10.0 Å². The van der Waals surface area contributed by atoms with Gasteiger partial charge in [-0.1, -0.05) is 23.3 Å². The molecule has 4 heteroatoms. The molecule has 2 N–H and O–H groups in total. The number of nitrogens with one attached hydrogen (secondary N) is 1. The molecule has 20 heavy (non-hydrogen) atoms. The molecule has 2 aromatic rings. The second-order valence-corrected chi connectivity index (χ2v) is 4.41. The Morgan fingerprint density at radius 1 is 1.05 bits per heavy atom. The van der Waals surface area contributed by atoms with E-state index in [0.717, 1.165) is 23.6 Å². The van der Waals surface area contributed by atoms with Gasteiger partial charge in [-0.3, -0.25) is 0 Å². The first-order chi connectivity index (χ1) is 9.83. The summed E-state index contributed by atoms with van der Waals surface area (Å²) >= 11 is 0. The minimum Gasteiger partial charge on any atom is -0.395 e. The zero-order chi connectivity index (χ0) is 14.2. The highest BCUT2D eigenvalue weighted by molar-refractivity contribution is 5.50. The molecular weight excluding hydrogens is 250 g/mol. The normalized spacial score (nSPS) is 10.9. The van der Waals surface area contributed by atoms with E-state index in [0.29, 0.717) is 6.54 Å². The van der Waals surface area contributed by atoms with Crippen molar-refractivity contribution >= 4 is 17.1 Å². The van der Waals surface area contributed by atoms with Crippen molar-refractivity contribution < 1.29 is 10.2 Å². The standard InChI is InChI=1S/C16H19N3O/c1-2-19(12-13-20)16-10-8-15(9-11-16)18-17-14-6-4-3-5-7-14/h3-11,20H,2,12-13H2,1H3/p+1. The summed E-state index contributed by atoms with van der Waals surface area (Å²) in [7, 11) is 0. The Morgan fingerprint density at radius 3 is 2.35 bits per heavy atom. The maximum Gasteiger partial charge on any atom is 0.229 e. The second kappa shape index (κ2) is 7.40. The van der Waals surface area contributed by atoms with Crippen LogP contribution in [-0.4, -0.2) is 24.8 Å². The van der Waals surface area contributed by atoms with Crippen molar-refractivity contribution in [1.82, 2.24) is 0 Å². The van der Waals surface area contributed by atoms with Crippen LogP contribution in [-0.2, 0) is 0 Å². The summed E-state index contributed by atoms with van der Waals surface area (Å²) in [5.41, 5.74) is 2.94. The lowest BCUT2D eigenvalue weighted by Crippen LogP contribution is -2.57. The van der Waals surface area contributed by atoms with E-state index < -0.39 is 0 Å². The van der Waals surface area contributed by atoms with Crippen molar-refractivity contribution in [2.45, 2.75) is 6.92 Å². The maximum absolute atomic E-state index is 9.02. The van der Waals surface area contributed by atoms with Gasteiger partial charge < -0.3 is 10.0 Å². The number of rotatable bonds is 6. The van der Waals surface area contributed by atoms with E-state index in [1.54, 1.807) is 0 Å². The Kier molecular flexibility index (Phi) is 5.26. The summed E-state index contributed by atoms with van der Waals surface area (Å²) in [5.74, 6) is 0. The summed E-state index contributed by atoms with van der Waals surface area (Å²) in [6.07, 6.45) is 0. The minimum atomic E-state index is 0.164. The van der Waals surface area contributed by atoms with Crippen LogP contribution in [0, 0.1) is 0 Å². The molecule has 0 spiro atoms. The number of aliphatic hydroxyl groups excluding tert-OH is 1. The minimum absolute atomic E-state index is 0.164. The number of hydrogen-bond donors (Lipinski definition) is 2. The zero-order valence-corrected chi connectivity index (χ0v) is 11.7. The SMILES string of the molecule is CCN(CCO)c1ccc([NH+]=Nc2ccccc2)cc1. The van der Waals surface area contributed by atoms with Crippen molar-refractivity contribution in [1.29, 1.82) is 0 Å². The van der Waals surface area contributed by atoms with Crippen LogP contribution in [0.2, 0.25) is 0 Å². The van der Waals surface area contributed by atoms with E-state index >= 15 is 0 Å². The third-order valence-electron chi connectivity index (χ3n) is 3.05. The van der Waals surface area contributed by atoms with Crippen molar-refractivity contribution in [2.75, 3.05) is 24.6 Å². The molecule has 0 heterocycles. The van der Waals surface area contributed by atoms with Gasteiger partial charge in [-0.25, -0.2) is 0 Å². The quantitative estimate of drug-likeness (QED) is 0.789. The number of benzene rings is 2. The van der Waals surface area contributed by atoms with Gasteiger partial charge in [0.1, 0.15) is 5.69 Å². The van der Waals surface area contributed by atoms with Crippen LogP contribution in [0.1, 0.15) is 6.92 Å². The van der Waals surface area contributed by atoms with E-state index in [2.05, 4.69) is 22.1 Å². The Labute approximate surface area is 119 Å². The lowest BCUT2D eigenvalue weighted by molar-refractivity contribution is -0.433. The largest absolute Gasteiger partial charge is 0.395 e. The predicted molar refractivity (Wildman–Crippen MR) is 80.6 cm³/mol. The smallest absolute Gasteiger partial charge is 0.229 e. The molecule has 0 unspecified atom stereocenters. The van der Waals surface area contributed by atoms with Gasteiger partial charge in [-0.2, -0.15) is 0 Å². The highest BCUT2D eigenvalue weighted by atomic mass is 16.3. The number of aliphatic hydroxyl groups is 1. The van der Waals surface area contributed by atoms with Crippen LogP contribution in [0.4, 0.5) is 17.1 Å². The summed E-state index contributed by atoms with van der Waals surface area (Å²) in [4.78, 5) is 2.12. The Morgan fingerprint density at radius 2 is 1.75 bits per heavy atom. The molecule has 0 aliphatic carbocycles. The first-order valence-electron chi connectivity index (χ1n) is 6.81. The molecule has 0 aliphatic rings. The highest BCUT2D eigenvalue weighted by Gasteiger charge is 2.04. The van der Waals surface area contributed by atoms with Crippen molar-refractivity contribution in [3.63, 3.8) is 0 Å². The van der Waals surface area contributed by atoms with Gasteiger partial charge in [0, 0.05) is 30.9 Å². The molecule has 0 amide bonds. The van der Waals surface area contributed by atoms with Gasteiger partial charge in [0.2, 0.25) is 5.69 Å². The van der Waals surface area contributed by atoms with E-state index in [1.165, 1.54) is 0 Å². The molecule has 0 fully saturated rings. The van der Waals surface area contributed by atoms with E-state index in [1.807, 2.05) is 54.6 Å². The van der Waals surface area contributed by atoms with Crippen LogP contribution in [0.5, 0.6) is 0 Å². The van der Waals surface area contributed by atoms with Crippen LogP contribution >= 0.6 is 0 Å². The molecule has 0 bridgehead atoms. The molecule has 0 saturated heterocycles. The third-order valence-corrected chi connectivity index (χ3v) is 3.05.